The van der Waals surface area contributed by atoms with Gasteiger partial charge in [0, 0.05) is 19.4 Å². The highest BCUT2D eigenvalue weighted by atomic mass is 28.4. The first-order chi connectivity index (χ1) is 20.1. The quantitative estimate of drug-likeness (QED) is 0.138. The molecule has 1 unspecified atom stereocenters. The molecular formula is C37H64O5Si2. The predicted octanol–water partition coefficient (Wildman–Crippen LogP) is 10.4. The molecule has 0 aromatic heterocycles. The van der Waals surface area contributed by atoms with Crippen LogP contribution in [0.5, 0.6) is 0 Å². The molecule has 0 saturated heterocycles. The normalized spacial score (nSPS) is 29.6. The van der Waals surface area contributed by atoms with Crippen LogP contribution < -0.4 is 0 Å². The first kappa shape index (κ1) is 37.2. The van der Waals surface area contributed by atoms with Crippen LogP contribution in [-0.2, 0) is 18.4 Å². The summed E-state index contributed by atoms with van der Waals surface area (Å²) in [5.41, 5.74) is 5.42. The number of ether oxygens (including phenoxy) is 1. The van der Waals surface area contributed by atoms with Gasteiger partial charge in [-0.15, -0.1) is 0 Å². The van der Waals surface area contributed by atoms with Gasteiger partial charge in [-0.3, -0.25) is 4.79 Å². The van der Waals surface area contributed by atoms with E-state index in [1.165, 1.54) is 23.1 Å². The topological polar surface area (TPSA) is 65.0 Å². The molecule has 3 aliphatic rings. The van der Waals surface area contributed by atoms with Crippen LogP contribution in [0.25, 0.3) is 0 Å². The molecule has 5 nitrogen and oxygen atoms in total. The van der Waals surface area contributed by atoms with Gasteiger partial charge in [0.2, 0.25) is 0 Å². The van der Waals surface area contributed by atoms with Crippen molar-refractivity contribution in [2.24, 2.45) is 11.3 Å². The Balaban J connectivity index is 1.85. The molecule has 2 fully saturated rings. The van der Waals surface area contributed by atoms with Crippen molar-refractivity contribution >= 4 is 22.6 Å². The summed E-state index contributed by atoms with van der Waals surface area (Å²) in [6.07, 6.45) is 14.3. The van der Waals surface area contributed by atoms with Crippen LogP contribution in [0.2, 0.25) is 36.3 Å². The van der Waals surface area contributed by atoms with E-state index < -0.39 is 22.6 Å². The van der Waals surface area contributed by atoms with E-state index in [9.17, 15) is 4.79 Å². The third kappa shape index (κ3) is 8.55. The van der Waals surface area contributed by atoms with Gasteiger partial charge in [-0.1, -0.05) is 78.8 Å². The van der Waals surface area contributed by atoms with Gasteiger partial charge in [0.05, 0.1) is 18.3 Å². The number of carboxylic acids is 1. The first-order valence-electron chi connectivity index (χ1n) is 17.1. The fourth-order valence-corrected chi connectivity index (χ4v) is 9.49. The van der Waals surface area contributed by atoms with Gasteiger partial charge < -0.3 is 18.7 Å². The molecule has 250 valence electrons. The van der Waals surface area contributed by atoms with E-state index in [1.807, 2.05) is 0 Å². The molecule has 3 rings (SSSR count). The fraction of sp³-hybridized carbons (Fsp3) is 0.757. The Labute approximate surface area is 271 Å². The van der Waals surface area contributed by atoms with Crippen molar-refractivity contribution in [1.29, 1.82) is 0 Å². The van der Waals surface area contributed by atoms with E-state index in [0.29, 0.717) is 18.9 Å². The number of carbonyl (C=O) groups is 1. The van der Waals surface area contributed by atoms with Crippen molar-refractivity contribution in [2.75, 3.05) is 6.61 Å². The van der Waals surface area contributed by atoms with Crippen LogP contribution in [-0.4, -0.2) is 52.6 Å². The minimum atomic E-state index is -2.00. The summed E-state index contributed by atoms with van der Waals surface area (Å²) >= 11 is 0. The second-order valence-corrected chi connectivity index (χ2v) is 26.5. The molecule has 0 spiro atoms. The van der Waals surface area contributed by atoms with Crippen LogP contribution in [0.3, 0.4) is 0 Å². The minimum Gasteiger partial charge on any atom is -0.481 e. The van der Waals surface area contributed by atoms with Crippen LogP contribution >= 0.6 is 0 Å². The van der Waals surface area contributed by atoms with Crippen molar-refractivity contribution in [3.8, 4) is 0 Å². The molecule has 44 heavy (non-hydrogen) atoms. The van der Waals surface area contributed by atoms with E-state index in [1.54, 1.807) is 0 Å². The number of rotatable bonds is 11. The number of hydrogen-bond donors (Lipinski definition) is 1. The van der Waals surface area contributed by atoms with Crippen molar-refractivity contribution in [2.45, 2.75) is 161 Å². The molecule has 1 N–H and O–H groups in total. The highest BCUT2D eigenvalue weighted by molar-refractivity contribution is 6.74. The summed E-state index contributed by atoms with van der Waals surface area (Å²) in [6.45, 7) is 32.9. The zero-order valence-corrected chi connectivity index (χ0v) is 32.2. The predicted molar refractivity (Wildman–Crippen MR) is 189 cm³/mol. The maximum atomic E-state index is 10.9. The molecule has 7 heteroatoms. The van der Waals surface area contributed by atoms with Crippen molar-refractivity contribution in [1.82, 2.24) is 0 Å². The lowest BCUT2D eigenvalue weighted by molar-refractivity contribution is -0.137. The monoisotopic (exact) mass is 644 g/mol. The molecule has 3 aliphatic carbocycles. The minimum absolute atomic E-state index is 0.0103. The largest absolute Gasteiger partial charge is 0.481 e. The zero-order valence-electron chi connectivity index (χ0n) is 30.2. The molecular weight excluding hydrogens is 581 g/mol. The highest BCUT2D eigenvalue weighted by Gasteiger charge is 2.47. The molecule has 0 radical (unpaired) electrons. The number of hydrogen-bond acceptors (Lipinski definition) is 4. The lowest BCUT2D eigenvalue weighted by Gasteiger charge is -2.45. The average molecular weight is 645 g/mol. The van der Waals surface area contributed by atoms with Gasteiger partial charge in [-0.25, -0.2) is 0 Å². The molecule has 0 amide bonds. The van der Waals surface area contributed by atoms with Gasteiger partial charge >= 0.3 is 5.97 Å². The maximum absolute atomic E-state index is 10.9. The summed E-state index contributed by atoms with van der Waals surface area (Å²) < 4.78 is 20.2. The number of aliphatic carboxylic acids is 1. The second-order valence-electron chi connectivity index (χ2n) is 17.0. The summed E-state index contributed by atoms with van der Waals surface area (Å²) in [5.74, 6) is -0.287. The van der Waals surface area contributed by atoms with Gasteiger partial charge in [-0.05, 0) is 110 Å². The van der Waals surface area contributed by atoms with Crippen LogP contribution in [0.4, 0.5) is 0 Å². The molecule has 0 aromatic carbocycles. The smallest absolute Gasteiger partial charge is 0.303 e. The molecule has 0 aliphatic heterocycles. The standard InChI is InChI=1S/C37H64O5Si2/c1-26-29(24-30(41-43(10,11)35(3,4)5)25-33(26)42-44(12,13)36(6,7)8)19-18-28-16-14-22-37(9)31(20-21-32(28)37)27(2)40-23-15-17-34(38)39/h18-20,27,30,32-33H,1,14-17,21-25H2,2-13H3,(H,38,39)/t27-,30+,32?,33-,37+/m0/s1. The summed E-state index contributed by atoms with van der Waals surface area (Å²) in [5, 5.41) is 9.26. The molecule has 0 heterocycles. The van der Waals surface area contributed by atoms with Gasteiger partial charge in [0.15, 0.2) is 16.6 Å². The van der Waals surface area contributed by atoms with E-state index in [0.717, 1.165) is 37.7 Å². The summed E-state index contributed by atoms with van der Waals surface area (Å²) in [6, 6.07) is 0. The van der Waals surface area contributed by atoms with Crippen LogP contribution in [0, 0.1) is 11.3 Å². The van der Waals surface area contributed by atoms with Crippen molar-refractivity contribution in [3.63, 3.8) is 0 Å². The summed E-state index contributed by atoms with van der Waals surface area (Å²) in [7, 11) is -3.96. The Morgan fingerprint density at radius 2 is 1.70 bits per heavy atom. The second kappa shape index (κ2) is 13.8. The first-order valence-corrected chi connectivity index (χ1v) is 22.9. The van der Waals surface area contributed by atoms with Gasteiger partial charge in [0.25, 0.3) is 0 Å². The lowest BCUT2D eigenvalue weighted by atomic mass is 9.63. The average Bonchev–Trinajstić information content (AvgIpc) is 3.23. The molecule has 0 aromatic rings. The molecule has 0 bridgehead atoms. The molecule has 2 saturated carbocycles. The Morgan fingerprint density at radius 1 is 1.09 bits per heavy atom. The van der Waals surface area contributed by atoms with E-state index in [2.05, 4.69) is 106 Å². The third-order valence-corrected chi connectivity index (χ3v) is 20.7. The fourth-order valence-electron chi connectivity index (χ4n) is 6.82. The lowest BCUT2D eigenvalue weighted by Crippen LogP contribution is -2.49. The van der Waals surface area contributed by atoms with E-state index >= 15 is 0 Å². The number of allylic oxidation sites excluding steroid dienone is 4. The molecule has 5 atom stereocenters. The van der Waals surface area contributed by atoms with Crippen molar-refractivity contribution < 1.29 is 23.5 Å². The Hall–Kier alpha value is -1.26. The SMILES string of the molecule is C=C1C(=CC=C2CCC[C@]3(C)C([C@H](C)OCCCC(=O)O)=CCC23)C[C@@H](O[Si](C)(C)C(C)(C)C)C[C@@H]1O[Si](C)(C)C(C)(C)C. The van der Waals surface area contributed by atoms with E-state index in [4.69, 9.17) is 18.7 Å². The van der Waals surface area contributed by atoms with Crippen LogP contribution in [0.1, 0.15) is 107 Å². The highest BCUT2D eigenvalue weighted by Crippen LogP contribution is 2.56. The van der Waals surface area contributed by atoms with Gasteiger partial charge in [-0.2, -0.15) is 0 Å². The Morgan fingerprint density at radius 3 is 2.30 bits per heavy atom. The van der Waals surface area contributed by atoms with E-state index in [-0.39, 0.29) is 40.2 Å². The third-order valence-electron chi connectivity index (χ3n) is 11.7. The Kier molecular flexibility index (Phi) is 11.7. The summed E-state index contributed by atoms with van der Waals surface area (Å²) in [4.78, 5) is 10.9. The number of carboxylic acid groups (broad SMARTS) is 1. The zero-order chi connectivity index (χ0) is 33.3. The maximum Gasteiger partial charge on any atom is 0.303 e. The van der Waals surface area contributed by atoms with Crippen molar-refractivity contribution in [3.05, 3.63) is 47.1 Å². The van der Waals surface area contributed by atoms with Gasteiger partial charge in [0.1, 0.15) is 0 Å². The number of fused-ring (bicyclic) bond motifs is 1. The van der Waals surface area contributed by atoms with Crippen LogP contribution in [0.15, 0.2) is 47.1 Å². The Bertz CT molecular complexity index is 1150.